The topological polar surface area (TPSA) is 33.3 Å². The van der Waals surface area contributed by atoms with Crippen LogP contribution in [0.25, 0.3) is 0 Å². The zero-order chi connectivity index (χ0) is 10.2. The molecule has 0 aromatic heterocycles. The van der Waals surface area contributed by atoms with Crippen LogP contribution in [0.4, 0.5) is 0 Å². The summed E-state index contributed by atoms with van der Waals surface area (Å²) in [5.74, 6) is 0. The number of ether oxygens (including phenoxy) is 1. The maximum absolute atomic E-state index is 5.21. The number of hydrogen-bond acceptors (Lipinski definition) is 3. The van der Waals surface area contributed by atoms with Crippen molar-refractivity contribution in [3.63, 3.8) is 0 Å². The van der Waals surface area contributed by atoms with E-state index in [-0.39, 0.29) is 0 Å². The zero-order valence-corrected chi connectivity index (χ0v) is 10.4. The highest BCUT2D eigenvalue weighted by Gasteiger charge is 2.10. The van der Waals surface area contributed by atoms with Crippen LogP contribution in [0.15, 0.2) is 0 Å². The first kappa shape index (κ1) is 13.1. The Morgan fingerprint density at radius 1 is 1.08 bits per heavy atom. The molecule has 80 valence electrons. The van der Waals surface area contributed by atoms with Crippen molar-refractivity contribution >= 4 is 8.24 Å². The Balaban J connectivity index is 3.00. The van der Waals surface area contributed by atoms with E-state index in [1.54, 1.807) is 0 Å². The first-order chi connectivity index (χ1) is 6.06. The molecular weight excluding hydrogens is 180 g/mol. The van der Waals surface area contributed by atoms with Crippen LogP contribution >= 0.6 is 0 Å². The molecule has 0 rings (SSSR count). The van der Waals surface area contributed by atoms with E-state index in [0.29, 0.717) is 0 Å². The molecule has 0 heterocycles. The van der Waals surface area contributed by atoms with Crippen LogP contribution in [0.1, 0.15) is 6.92 Å². The largest absolute Gasteiger partial charge is 0.380 e. The maximum atomic E-state index is 5.21. The quantitative estimate of drug-likeness (QED) is 0.458. The van der Waals surface area contributed by atoms with Gasteiger partial charge in [-0.25, -0.2) is 0 Å². The molecule has 0 aromatic carbocycles. The molecule has 2 N–H and O–H groups in total. The summed E-state index contributed by atoms with van der Waals surface area (Å²) < 4.78 is 5.21. The van der Waals surface area contributed by atoms with Gasteiger partial charge in [-0.3, -0.25) is 0 Å². The lowest BCUT2D eigenvalue weighted by Crippen LogP contribution is -2.44. The minimum atomic E-state index is -1.05. The van der Waals surface area contributed by atoms with Gasteiger partial charge in [0.1, 0.15) is 8.24 Å². The van der Waals surface area contributed by atoms with Crippen LogP contribution in [0.2, 0.25) is 19.6 Å². The van der Waals surface area contributed by atoms with Crippen LogP contribution in [-0.4, -0.2) is 41.1 Å². The highest BCUT2D eigenvalue weighted by Crippen LogP contribution is 1.91. The Labute approximate surface area is 83.3 Å². The van der Waals surface area contributed by atoms with Crippen LogP contribution < -0.4 is 10.3 Å². The second kappa shape index (κ2) is 7.50. The summed E-state index contributed by atoms with van der Waals surface area (Å²) in [5, 5.41) is 3.33. The molecule has 0 spiro atoms. The molecule has 3 nitrogen and oxygen atoms in total. The van der Waals surface area contributed by atoms with E-state index >= 15 is 0 Å². The summed E-state index contributed by atoms with van der Waals surface area (Å²) >= 11 is 0. The van der Waals surface area contributed by atoms with Gasteiger partial charge in [-0.15, -0.1) is 0 Å². The lowest BCUT2D eigenvalue weighted by molar-refractivity contribution is 0.149. The molecule has 0 radical (unpaired) electrons. The summed E-state index contributed by atoms with van der Waals surface area (Å²) in [6.07, 6.45) is 0. The van der Waals surface area contributed by atoms with Gasteiger partial charge in [0.05, 0.1) is 6.61 Å². The van der Waals surface area contributed by atoms with Crippen LogP contribution in [0, 0.1) is 0 Å². The number of nitrogens with one attached hydrogen (secondary N) is 2. The van der Waals surface area contributed by atoms with Gasteiger partial charge in [-0.05, 0) is 6.92 Å². The van der Waals surface area contributed by atoms with E-state index in [2.05, 4.69) is 29.9 Å². The Bertz CT molecular complexity index is 115. The molecule has 0 aromatic rings. The Hall–Kier alpha value is 0.0969. The summed E-state index contributed by atoms with van der Waals surface area (Å²) in [6.45, 7) is 13.7. The Morgan fingerprint density at radius 3 is 2.31 bits per heavy atom. The standard InChI is InChI=1S/C9H24N2OSi/c1-5-12-9-8-10-6-7-11-13(2,3)4/h10-11H,5-9H2,1-4H3. The van der Waals surface area contributed by atoms with Crippen molar-refractivity contribution in [1.82, 2.24) is 10.3 Å². The minimum Gasteiger partial charge on any atom is -0.380 e. The average Bonchev–Trinajstić information content (AvgIpc) is 2.01. The lowest BCUT2D eigenvalue weighted by atomic mass is 10.6. The van der Waals surface area contributed by atoms with Crippen LogP contribution in [0.5, 0.6) is 0 Å². The highest BCUT2D eigenvalue weighted by atomic mass is 28.3. The number of rotatable bonds is 8. The van der Waals surface area contributed by atoms with Crippen molar-refractivity contribution in [1.29, 1.82) is 0 Å². The van der Waals surface area contributed by atoms with E-state index in [9.17, 15) is 0 Å². The van der Waals surface area contributed by atoms with Crippen molar-refractivity contribution in [3.8, 4) is 0 Å². The number of hydrogen-bond donors (Lipinski definition) is 2. The Kier molecular flexibility index (Phi) is 7.55. The second-order valence-corrected chi connectivity index (χ2v) is 8.98. The first-order valence-corrected chi connectivity index (χ1v) is 8.60. The van der Waals surface area contributed by atoms with Crippen molar-refractivity contribution in [2.24, 2.45) is 0 Å². The van der Waals surface area contributed by atoms with Crippen molar-refractivity contribution in [2.75, 3.05) is 32.8 Å². The predicted octanol–water partition coefficient (Wildman–Crippen LogP) is 1.04. The Morgan fingerprint density at radius 2 is 1.77 bits per heavy atom. The monoisotopic (exact) mass is 204 g/mol. The van der Waals surface area contributed by atoms with Gasteiger partial charge < -0.3 is 15.0 Å². The van der Waals surface area contributed by atoms with E-state index in [4.69, 9.17) is 4.74 Å². The average molecular weight is 204 g/mol. The van der Waals surface area contributed by atoms with E-state index < -0.39 is 8.24 Å². The third kappa shape index (κ3) is 12.1. The van der Waals surface area contributed by atoms with E-state index in [0.717, 1.165) is 32.8 Å². The molecular formula is C9H24N2OSi. The predicted molar refractivity (Wildman–Crippen MR) is 60.7 cm³/mol. The fourth-order valence-corrected chi connectivity index (χ4v) is 1.81. The van der Waals surface area contributed by atoms with Gasteiger partial charge in [0.2, 0.25) is 0 Å². The molecule has 0 bridgehead atoms. The van der Waals surface area contributed by atoms with Gasteiger partial charge in [0, 0.05) is 26.2 Å². The molecule has 0 unspecified atom stereocenters. The molecule has 0 fully saturated rings. The van der Waals surface area contributed by atoms with Crippen LogP contribution in [0.3, 0.4) is 0 Å². The molecule has 13 heavy (non-hydrogen) atoms. The first-order valence-electron chi connectivity index (χ1n) is 5.10. The molecule has 0 atom stereocenters. The summed E-state index contributed by atoms with van der Waals surface area (Å²) in [7, 11) is -1.05. The van der Waals surface area contributed by atoms with Crippen molar-refractivity contribution in [2.45, 2.75) is 26.6 Å². The fourth-order valence-electron chi connectivity index (χ4n) is 0.940. The minimum absolute atomic E-state index is 0.814. The summed E-state index contributed by atoms with van der Waals surface area (Å²) in [5.41, 5.74) is 0. The normalized spacial score (nSPS) is 12.0. The second-order valence-electron chi connectivity index (χ2n) is 4.12. The fraction of sp³-hybridized carbons (Fsp3) is 1.00. The van der Waals surface area contributed by atoms with Crippen LogP contribution in [-0.2, 0) is 4.74 Å². The zero-order valence-electron chi connectivity index (χ0n) is 9.44. The van der Waals surface area contributed by atoms with Gasteiger partial charge >= 0.3 is 0 Å². The molecule has 0 aliphatic rings. The van der Waals surface area contributed by atoms with Crippen molar-refractivity contribution in [3.05, 3.63) is 0 Å². The molecule has 0 aliphatic heterocycles. The maximum Gasteiger partial charge on any atom is 0.116 e. The third-order valence-corrected chi connectivity index (χ3v) is 2.90. The van der Waals surface area contributed by atoms with Crippen molar-refractivity contribution < 1.29 is 4.74 Å². The summed E-state index contributed by atoms with van der Waals surface area (Å²) in [4.78, 5) is 3.55. The van der Waals surface area contributed by atoms with E-state index in [1.807, 2.05) is 6.92 Å². The molecule has 0 amide bonds. The van der Waals surface area contributed by atoms with Gasteiger partial charge in [-0.1, -0.05) is 19.6 Å². The smallest absolute Gasteiger partial charge is 0.116 e. The third-order valence-electron chi connectivity index (χ3n) is 1.58. The molecule has 0 saturated carbocycles. The molecule has 4 heteroatoms. The lowest BCUT2D eigenvalue weighted by Gasteiger charge is -2.17. The van der Waals surface area contributed by atoms with Gasteiger partial charge in [0.15, 0.2) is 0 Å². The van der Waals surface area contributed by atoms with E-state index in [1.165, 1.54) is 0 Å². The highest BCUT2D eigenvalue weighted by molar-refractivity contribution is 6.73. The molecule has 0 aliphatic carbocycles. The molecule has 0 saturated heterocycles. The van der Waals surface area contributed by atoms with Gasteiger partial charge in [0.25, 0.3) is 0 Å². The van der Waals surface area contributed by atoms with Gasteiger partial charge in [-0.2, -0.15) is 0 Å². The SMILES string of the molecule is CCOCCNCCN[Si](C)(C)C. The summed E-state index contributed by atoms with van der Waals surface area (Å²) in [6, 6.07) is 0.